The Bertz CT molecular complexity index is 552. The average molecular weight is 409 g/mol. The first-order chi connectivity index (χ1) is 13.7. The maximum absolute atomic E-state index is 13.0. The van der Waals surface area contributed by atoms with Crippen molar-refractivity contribution in [2.24, 2.45) is 5.92 Å². The summed E-state index contributed by atoms with van der Waals surface area (Å²) in [6.45, 7) is 6.59. The minimum absolute atomic E-state index is 0.239. The van der Waals surface area contributed by atoms with Crippen molar-refractivity contribution in [2.45, 2.75) is 51.0 Å². The molecule has 1 aromatic rings. The molecule has 0 aromatic carbocycles. The van der Waals surface area contributed by atoms with E-state index in [1.54, 1.807) is 18.4 Å². The topological polar surface area (TPSA) is 42.0 Å². The van der Waals surface area contributed by atoms with Gasteiger partial charge < -0.3 is 19.3 Å². The van der Waals surface area contributed by atoms with Crippen LogP contribution in [0.5, 0.6) is 0 Å². The molecule has 3 heterocycles. The lowest BCUT2D eigenvalue weighted by Gasteiger charge is -2.35. The van der Waals surface area contributed by atoms with Crippen molar-refractivity contribution >= 4 is 17.2 Å². The number of methoxy groups -OCH3 is 1. The van der Waals surface area contributed by atoms with Crippen molar-refractivity contribution < 1.29 is 14.3 Å². The van der Waals surface area contributed by atoms with Gasteiger partial charge in [-0.3, -0.25) is 4.79 Å². The normalized spacial score (nSPS) is 21.2. The Morgan fingerprint density at radius 3 is 2.86 bits per heavy atom. The van der Waals surface area contributed by atoms with Crippen molar-refractivity contribution in [3.63, 3.8) is 0 Å². The molecule has 2 fully saturated rings. The second-order valence-corrected chi connectivity index (χ2v) is 9.18. The van der Waals surface area contributed by atoms with Crippen molar-refractivity contribution in [3.05, 3.63) is 22.4 Å². The Morgan fingerprint density at radius 1 is 1.32 bits per heavy atom. The molecule has 1 atom stereocenters. The van der Waals surface area contributed by atoms with Gasteiger partial charge in [0.15, 0.2) is 0 Å². The number of thiophene rings is 1. The smallest absolute Gasteiger partial charge is 0.222 e. The Hall–Kier alpha value is -0.950. The molecule has 0 spiro atoms. The quantitative estimate of drug-likeness (QED) is 0.563. The fourth-order valence-electron chi connectivity index (χ4n) is 4.26. The van der Waals surface area contributed by atoms with Crippen LogP contribution in [0.2, 0.25) is 0 Å². The summed E-state index contributed by atoms with van der Waals surface area (Å²) in [6.07, 6.45) is 7.41. The van der Waals surface area contributed by atoms with E-state index in [1.807, 2.05) is 0 Å². The van der Waals surface area contributed by atoms with E-state index in [-0.39, 0.29) is 6.10 Å². The second-order valence-electron chi connectivity index (χ2n) is 8.14. The molecule has 0 saturated carbocycles. The SMILES string of the molecule is COCCN1CCC(CN(C[C@H]2CCCO2)C(=O)CCCc2cccs2)CC1. The fourth-order valence-corrected chi connectivity index (χ4v) is 5.02. The van der Waals surface area contributed by atoms with E-state index in [4.69, 9.17) is 9.47 Å². The molecule has 2 aliphatic heterocycles. The predicted octanol–water partition coefficient (Wildman–Crippen LogP) is 3.44. The Labute approximate surface area is 174 Å². The summed E-state index contributed by atoms with van der Waals surface area (Å²) in [6, 6.07) is 4.25. The molecule has 0 radical (unpaired) electrons. The van der Waals surface area contributed by atoms with Gasteiger partial charge in [-0.05, 0) is 69.0 Å². The standard InChI is InChI=1S/C22H36N2O3S/c1-26-15-13-23-11-9-19(10-12-23)17-24(18-20-5-3-14-27-20)22(25)8-2-6-21-7-4-16-28-21/h4,7,16,19-20H,2-3,5-6,8-15,17-18H2,1H3/t20-/m1/s1. The molecule has 2 aliphatic rings. The summed E-state index contributed by atoms with van der Waals surface area (Å²) >= 11 is 1.78. The molecule has 28 heavy (non-hydrogen) atoms. The number of piperidine rings is 1. The molecule has 6 heteroatoms. The van der Waals surface area contributed by atoms with Crippen molar-refractivity contribution in [2.75, 3.05) is 53.0 Å². The molecule has 5 nitrogen and oxygen atoms in total. The number of hydrogen-bond acceptors (Lipinski definition) is 5. The van der Waals surface area contributed by atoms with Crippen LogP contribution in [0, 0.1) is 5.92 Å². The van der Waals surface area contributed by atoms with E-state index in [9.17, 15) is 4.79 Å². The van der Waals surface area contributed by atoms with E-state index < -0.39 is 0 Å². The van der Waals surface area contributed by atoms with Crippen LogP contribution in [-0.4, -0.2) is 74.9 Å². The largest absolute Gasteiger partial charge is 0.383 e. The van der Waals surface area contributed by atoms with Crippen LogP contribution in [0.4, 0.5) is 0 Å². The zero-order chi connectivity index (χ0) is 19.6. The van der Waals surface area contributed by atoms with E-state index in [0.29, 0.717) is 18.2 Å². The highest BCUT2D eigenvalue weighted by Crippen LogP contribution is 2.21. The molecule has 1 aromatic heterocycles. The lowest BCUT2D eigenvalue weighted by Crippen LogP contribution is -2.44. The molecule has 0 N–H and O–H groups in total. The average Bonchev–Trinajstić information content (AvgIpc) is 3.41. The van der Waals surface area contributed by atoms with Crippen LogP contribution in [-0.2, 0) is 20.7 Å². The summed E-state index contributed by atoms with van der Waals surface area (Å²) in [5.74, 6) is 0.926. The van der Waals surface area contributed by atoms with Gasteiger partial charge in [0, 0.05) is 44.6 Å². The molecule has 1 amide bonds. The minimum atomic E-state index is 0.239. The lowest BCUT2D eigenvalue weighted by atomic mass is 9.95. The fraction of sp³-hybridized carbons (Fsp3) is 0.773. The Morgan fingerprint density at radius 2 is 2.18 bits per heavy atom. The molecular formula is C22H36N2O3S. The van der Waals surface area contributed by atoms with Gasteiger partial charge >= 0.3 is 0 Å². The predicted molar refractivity (Wildman–Crippen MR) is 114 cm³/mol. The Kier molecular flexibility index (Phi) is 9.25. The van der Waals surface area contributed by atoms with Crippen LogP contribution < -0.4 is 0 Å². The highest BCUT2D eigenvalue weighted by Gasteiger charge is 2.27. The Balaban J connectivity index is 1.46. The van der Waals surface area contributed by atoms with Gasteiger partial charge in [-0.25, -0.2) is 0 Å². The zero-order valence-corrected chi connectivity index (χ0v) is 18.1. The first-order valence-electron chi connectivity index (χ1n) is 10.9. The van der Waals surface area contributed by atoms with E-state index >= 15 is 0 Å². The minimum Gasteiger partial charge on any atom is -0.383 e. The van der Waals surface area contributed by atoms with Gasteiger partial charge in [-0.15, -0.1) is 11.3 Å². The number of carbonyl (C=O) groups is 1. The van der Waals surface area contributed by atoms with Crippen LogP contribution in [0.3, 0.4) is 0 Å². The highest BCUT2D eigenvalue weighted by atomic mass is 32.1. The number of aryl methyl sites for hydroxylation is 1. The summed E-state index contributed by atoms with van der Waals surface area (Å²) in [5.41, 5.74) is 0. The maximum Gasteiger partial charge on any atom is 0.222 e. The molecule has 0 unspecified atom stereocenters. The monoisotopic (exact) mass is 408 g/mol. The molecule has 3 rings (SSSR count). The van der Waals surface area contributed by atoms with Crippen LogP contribution >= 0.6 is 11.3 Å². The van der Waals surface area contributed by atoms with E-state index in [0.717, 1.165) is 71.6 Å². The number of nitrogens with zero attached hydrogens (tertiary/aromatic N) is 2. The van der Waals surface area contributed by atoms with Gasteiger partial charge in [-0.2, -0.15) is 0 Å². The molecule has 0 bridgehead atoms. The third-order valence-corrected chi connectivity index (χ3v) is 6.93. The summed E-state index contributed by atoms with van der Waals surface area (Å²) in [5, 5.41) is 2.11. The van der Waals surface area contributed by atoms with Crippen LogP contribution in [0.1, 0.15) is 43.4 Å². The van der Waals surface area contributed by atoms with Crippen LogP contribution in [0.15, 0.2) is 17.5 Å². The van der Waals surface area contributed by atoms with E-state index in [1.165, 1.54) is 17.7 Å². The van der Waals surface area contributed by atoms with Crippen molar-refractivity contribution in [1.29, 1.82) is 0 Å². The number of hydrogen-bond donors (Lipinski definition) is 0. The first kappa shape index (κ1) is 21.8. The summed E-state index contributed by atoms with van der Waals surface area (Å²) in [7, 11) is 1.76. The summed E-state index contributed by atoms with van der Waals surface area (Å²) in [4.78, 5) is 19.0. The van der Waals surface area contributed by atoms with Crippen molar-refractivity contribution in [1.82, 2.24) is 9.80 Å². The van der Waals surface area contributed by atoms with Crippen molar-refractivity contribution in [3.8, 4) is 0 Å². The number of ether oxygens (including phenoxy) is 2. The lowest BCUT2D eigenvalue weighted by molar-refractivity contribution is -0.133. The number of rotatable bonds is 11. The number of likely N-dealkylation sites (tertiary alicyclic amines) is 1. The maximum atomic E-state index is 13.0. The third kappa shape index (κ3) is 7.14. The summed E-state index contributed by atoms with van der Waals surface area (Å²) < 4.78 is 11.0. The molecule has 2 saturated heterocycles. The highest BCUT2D eigenvalue weighted by molar-refractivity contribution is 7.09. The van der Waals surface area contributed by atoms with E-state index in [2.05, 4.69) is 27.3 Å². The molecule has 0 aliphatic carbocycles. The number of carbonyl (C=O) groups excluding carboxylic acids is 1. The van der Waals surface area contributed by atoms with Gasteiger partial charge in [-0.1, -0.05) is 6.07 Å². The van der Waals surface area contributed by atoms with Gasteiger partial charge in [0.25, 0.3) is 0 Å². The number of amides is 1. The van der Waals surface area contributed by atoms with Gasteiger partial charge in [0.05, 0.1) is 12.7 Å². The third-order valence-electron chi connectivity index (χ3n) is 5.99. The van der Waals surface area contributed by atoms with Gasteiger partial charge in [0.1, 0.15) is 0 Å². The molecular weight excluding hydrogens is 372 g/mol. The van der Waals surface area contributed by atoms with Crippen LogP contribution in [0.25, 0.3) is 0 Å². The molecule has 158 valence electrons. The first-order valence-corrected chi connectivity index (χ1v) is 11.8. The second kappa shape index (κ2) is 11.9. The van der Waals surface area contributed by atoms with Gasteiger partial charge in [0.2, 0.25) is 5.91 Å². The zero-order valence-electron chi connectivity index (χ0n) is 17.3.